The van der Waals surface area contributed by atoms with Gasteiger partial charge in [0.25, 0.3) is 0 Å². The Bertz CT molecular complexity index is 796. The number of benzene rings is 1. The third-order valence-corrected chi connectivity index (χ3v) is 4.73. The van der Waals surface area contributed by atoms with Crippen molar-refractivity contribution in [2.45, 2.75) is 24.8 Å². The predicted octanol–water partition coefficient (Wildman–Crippen LogP) is 4.34. The summed E-state index contributed by atoms with van der Waals surface area (Å²) in [6.07, 6.45) is 0. The lowest BCUT2D eigenvalue weighted by Gasteiger charge is -2.07. The van der Waals surface area contributed by atoms with E-state index in [1.54, 1.807) is 0 Å². The van der Waals surface area contributed by atoms with Crippen molar-refractivity contribution in [3.8, 4) is 0 Å². The second-order valence-electron chi connectivity index (χ2n) is 4.61. The van der Waals surface area contributed by atoms with E-state index in [0.717, 1.165) is 27.9 Å². The first-order valence-electron chi connectivity index (χ1n) is 6.31. The average Bonchev–Trinajstić information content (AvgIpc) is 2.81. The molecule has 0 unspecified atom stereocenters. The normalized spacial score (nSPS) is 11.2. The molecule has 21 heavy (non-hydrogen) atoms. The van der Waals surface area contributed by atoms with Crippen molar-refractivity contribution < 1.29 is 0 Å². The van der Waals surface area contributed by atoms with Gasteiger partial charge in [-0.2, -0.15) is 0 Å². The molecule has 0 radical (unpaired) electrons. The summed E-state index contributed by atoms with van der Waals surface area (Å²) in [5, 5.41) is 10.5. The topological polar surface area (TPSA) is 43.1 Å². The van der Waals surface area contributed by atoms with Crippen LogP contribution in [0.4, 0.5) is 0 Å². The van der Waals surface area contributed by atoms with E-state index < -0.39 is 0 Å². The Balaban J connectivity index is 1.93. The fraction of sp³-hybridized carbons (Fsp3) is 0.214. The predicted molar refractivity (Wildman–Crippen MR) is 86.3 cm³/mol. The molecule has 0 aliphatic carbocycles. The number of nitrogens with zero attached hydrogens (tertiary/aromatic N) is 4. The van der Waals surface area contributed by atoms with Crippen LogP contribution in [0.15, 0.2) is 29.4 Å². The molecule has 4 nitrogen and oxygen atoms in total. The second-order valence-corrected chi connectivity index (χ2v) is 6.37. The lowest BCUT2D eigenvalue weighted by atomic mass is 10.2. The van der Waals surface area contributed by atoms with Crippen molar-refractivity contribution in [1.29, 1.82) is 0 Å². The number of aryl methyl sites for hydroxylation is 2. The van der Waals surface area contributed by atoms with Crippen LogP contribution < -0.4 is 0 Å². The van der Waals surface area contributed by atoms with E-state index in [-0.39, 0.29) is 0 Å². The minimum atomic E-state index is 0.632. The van der Waals surface area contributed by atoms with Gasteiger partial charge in [-0.15, -0.1) is 10.2 Å². The van der Waals surface area contributed by atoms with Crippen LogP contribution in [0.2, 0.25) is 10.0 Å². The van der Waals surface area contributed by atoms with Crippen LogP contribution in [0.5, 0.6) is 0 Å². The zero-order valence-electron chi connectivity index (χ0n) is 11.5. The Kier molecular flexibility index (Phi) is 4.06. The summed E-state index contributed by atoms with van der Waals surface area (Å²) in [4.78, 5) is 4.44. The number of fused-ring (bicyclic) bond motifs is 1. The molecular weight excluding hydrogens is 327 g/mol. The highest BCUT2D eigenvalue weighted by molar-refractivity contribution is 7.98. The maximum Gasteiger partial charge on any atom is 0.197 e. The zero-order chi connectivity index (χ0) is 15.0. The first kappa shape index (κ1) is 14.6. The van der Waals surface area contributed by atoms with Crippen LogP contribution in [-0.2, 0) is 5.75 Å². The summed E-state index contributed by atoms with van der Waals surface area (Å²) in [5.41, 5.74) is 2.63. The standard InChI is InChI=1S/C14H12Cl2N4S/c1-8-6-13-18-19-14(20(13)9(2)17-8)21-7-10-11(15)4-3-5-12(10)16/h3-6H,7H2,1-2H3. The van der Waals surface area contributed by atoms with Gasteiger partial charge < -0.3 is 0 Å². The Labute approximate surface area is 136 Å². The van der Waals surface area contributed by atoms with Crippen molar-refractivity contribution in [2.75, 3.05) is 0 Å². The minimum absolute atomic E-state index is 0.632. The molecule has 0 spiro atoms. The summed E-state index contributed by atoms with van der Waals surface area (Å²) in [5.74, 6) is 1.50. The molecule has 0 aliphatic rings. The highest BCUT2D eigenvalue weighted by atomic mass is 35.5. The Morgan fingerprint density at radius 1 is 1.14 bits per heavy atom. The van der Waals surface area contributed by atoms with E-state index in [9.17, 15) is 0 Å². The number of hydrogen-bond donors (Lipinski definition) is 0. The summed E-state index contributed by atoms with van der Waals surface area (Å²) in [7, 11) is 0. The lowest BCUT2D eigenvalue weighted by Crippen LogP contribution is -1.99. The van der Waals surface area contributed by atoms with E-state index in [2.05, 4.69) is 15.2 Å². The Morgan fingerprint density at radius 2 is 1.86 bits per heavy atom. The molecule has 0 bridgehead atoms. The highest BCUT2D eigenvalue weighted by Crippen LogP contribution is 2.31. The smallest absolute Gasteiger partial charge is 0.197 e. The quantitative estimate of drug-likeness (QED) is 0.666. The molecule has 3 rings (SSSR count). The van der Waals surface area contributed by atoms with E-state index in [1.165, 1.54) is 11.8 Å². The summed E-state index contributed by atoms with van der Waals surface area (Å²) in [6.45, 7) is 3.88. The number of hydrogen-bond acceptors (Lipinski definition) is 4. The van der Waals surface area contributed by atoms with Gasteiger partial charge in [-0.1, -0.05) is 41.0 Å². The lowest BCUT2D eigenvalue weighted by molar-refractivity contribution is 0.854. The number of aromatic nitrogens is 4. The van der Waals surface area contributed by atoms with Crippen LogP contribution >= 0.6 is 35.0 Å². The zero-order valence-corrected chi connectivity index (χ0v) is 13.8. The van der Waals surface area contributed by atoms with Gasteiger partial charge in [0.2, 0.25) is 0 Å². The summed E-state index contributed by atoms with van der Waals surface area (Å²) < 4.78 is 1.93. The molecule has 0 fully saturated rings. The first-order valence-corrected chi connectivity index (χ1v) is 8.05. The molecule has 0 aliphatic heterocycles. The number of thioether (sulfide) groups is 1. The van der Waals surface area contributed by atoms with Crippen molar-refractivity contribution >= 4 is 40.6 Å². The molecule has 3 aromatic rings. The molecule has 0 saturated heterocycles. The molecule has 7 heteroatoms. The van der Waals surface area contributed by atoms with E-state index in [1.807, 2.05) is 42.5 Å². The van der Waals surface area contributed by atoms with Gasteiger partial charge in [-0.25, -0.2) is 4.98 Å². The highest BCUT2D eigenvalue weighted by Gasteiger charge is 2.12. The van der Waals surface area contributed by atoms with Crippen LogP contribution in [0, 0.1) is 13.8 Å². The van der Waals surface area contributed by atoms with Crippen molar-refractivity contribution in [3.63, 3.8) is 0 Å². The van der Waals surface area contributed by atoms with Crippen LogP contribution in [0.3, 0.4) is 0 Å². The van der Waals surface area contributed by atoms with Gasteiger partial charge in [0.05, 0.1) is 0 Å². The van der Waals surface area contributed by atoms with Gasteiger partial charge in [0.1, 0.15) is 5.82 Å². The van der Waals surface area contributed by atoms with Gasteiger partial charge in [-0.05, 0) is 31.5 Å². The Hall–Kier alpha value is -1.30. The molecule has 0 N–H and O–H groups in total. The largest absolute Gasteiger partial charge is 0.258 e. The van der Waals surface area contributed by atoms with Crippen molar-refractivity contribution in [3.05, 3.63) is 51.4 Å². The minimum Gasteiger partial charge on any atom is -0.258 e. The van der Waals surface area contributed by atoms with Crippen LogP contribution in [-0.4, -0.2) is 19.6 Å². The molecule has 108 valence electrons. The molecule has 0 atom stereocenters. The molecule has 0 amide bonds. The van der Waals surface area contributed by atoms with Crippen molar-refractivity contribution in [2.24, 2.45) is 0 Å². The first-order chi connectivity index (χ1) is 10.1. The number of rotatable bonds is 3. The monoisotopic (exact) mass is 338 g/mol. The molecule has 2 aromatic heterocycles. The van der Waals surface area contributed by atoms with E-state index in [4.69, 9.17) is 23.2 Å². The van der Waals surface area contributed by atoms with Gasteiger partial charge >= 0.3 is 0 Å². The fourth-order valence-electron chi connectivity index (χ4n) is 2.10. The summed E-state index contributed by atoms with van der Waals surface area (Å²) in [6, 6.07) is 7.41. The second kappa shape index (κ2) is 5.83. The van der Waals surface area contributed by atoms with Crippen LogP contribution in [0.1, 0.15) is 17.1 Å². The van der Waals surface area contributed by atoms with Gasteiger partial charge in [0, 0.05) is 27.6 Å². The van der Waals surface area contributed by atoms with Crippen LogP contribution in [0.25, 0.3) is 5.65 Å². The molecule has 1 aromatic carbocycles. The maximum absolute atomic E-state index is 6.19. The maximum atomic E-state index is 6.19. The molecule has 0 saturated carbocycles. The number of halogens is 2. The third-order valence-electron chi connectivity index (χ3n) is 3.07. The van der Waals surface area contributed by atoms with Gasteiger partial charge in [-0.3, -0.25) is 4.40 Å². The third kappa shape index (κ3) is 2.86. The molecular formula is C14H12Cl2N4S. The average molecular weight is 339 g/mol. The van der Waals surface area contributed by atoms with E-state index >= 15 is 0 Å². The molecule has 2 heterocycles. The van der Waals surface area contributed by atoms with Crippen molar-refractivity contribution in [1.82, 2.24) is 19.6 Å². The fourth-order valence-corrected chi connectivity index (χ4v) is 3.83. The van der Waals surface area contributed by atoms with E-state index in [0.29, 0.717) is 15.8 Å². The van der Waals surface area contributed by atoms with Gasteiger partial charge in [0.15, 0.2) is 10.8 Å². The SMILES string of the molecule is Cc1cc2nnc(SCc3c(Cl)cccc3Cl)n2c(C)n1. The Morgan fingerprint density at radius 3 is 2.57 bits per heavy atom. The summed E-state index contributed by atoms with van der Waals surface area (Å²) >= 11 is 13.9.